The molecule has 33 heavy (non-hydrogen) atoms. The van der Waals surface area contributed by atoms with Crippen molar-refractivity contribution in [1.29, 1.82) is 0 Å². The summed E-state index contributed by atoms with van der Waals surface area (Å²) in [4.78, 5) is 25.1. The van der Waals surface area contributed by atoms with Gasteiger partial charge in [0, 0.05) is 16.8 Å². The maximum Gasteiger partial charge on any atom is 0.387 e. The number of anilines is 2. The number of carbonyl (C=O) groups excluding carboxylic acids is 2. The third-order valence-electron chi connectivity index (χ3n) is 4.43. The Kier molecular flexibility index (Phi) is 7.39. The summed E-state index contributed by atoms with van der Waals surface area (Å²) < 4.78 is 53.0. The third-order valence-corrected chi connectivity index (χ3v) is 4.43. The molecule has 2 N–H and O–H groups in total. The van der Waals surface area contributed by atoms with E-state index in [-0.39, 0.29) is 28.3 Å². The Morgan fingerprint density at radius 1 is 0.788 bits per heavy atom. The summed E-state index contributed by atoms with van der Waals surface area (Å²) in [5.74, 6) is -1.64. The van der Waals surface area contributed by atoms with Crippen LogP contribution in [0.25, 0.3) is 0 Å². The number of amides is 2. The normalized spacial score (nSPS) is 10.5. The lowest BCUT2D eigenvalue weighted by molar-refractivity contribution is -0.0512. The van der Waals surface area contributed by atoms with E-state index in [9.17, 15) is 22.8 Å². The zero-order valence-electron chi connectivity index (χ0n) is 17.5. The molecule has 0 aromatic heterocycles. The van der Waals surface area contributed by atoms with Gasteiger partial charge in [0.1, 0.15) is 11.6 Å². The van der Waals surface area contributed by atoms with Crippen molar-refractivity contribution in [2.75, 3.05) is 24.9 Å². The van der Waals surface area contributed by atoms with E-state index in [1.54, 1.807) is 6.07 Å². The summed E-state index contributed by atoms with van der Waals surface area (Å²) >= 11 is 0. The third kappa shape index (κ3) is 5.94. The predicted octanol–water partition coefficient (Wildman–Crippen LogP) is 4.95. The molecule has 0 aliphatic rings. The molecule has 0 heterocycles. The van der Waals surface area contributed by atoms with Crippen molar-refractivity contribution >= 4 is 23.2 Å². The first-order valence-corrected chi connectivity index (χ1v) is 9.50. The fourth-order valence-corrected chi connectivity index (χ4v) is 2.91. The van der Waals surface area contributed by atoms with Gasteiger partial charge in [-0.05, 0) is 54.6 Å². The van der Waals surface area contributed by atoms with Gasteiger partial charge in [-0.15, -0.1) is 0 Å². The Bertz CT molecular complexity index is 1170. The van der Waals surface area contributed by atoms with Crippen molar-refractivity contribution in [3.8, 4) is 17.2 Å². The Morgan fingerprint density at radius 3 is 2.12 bits per heavy atom. The van der Waals surface area contributed by atoms with Crippen LogP contribution >= 0.6 is 0 Å². The molecule has 0 unspecified atom stereocenters. The van der Waals surface area contributed by atoms with E-state index in [2.05, 4.69) is 15.4 Å². The monoisotopic (exact) mass is 460 g/mol. The van der Waals surface area contributed by atoms with Crippen molar-refractivity contribution in [2.45, 2.75) is 6.61 Å². The number of halogens is 3. The Labute approximate surface area is 187 Å². The molecule has 0 aliphatic heterocycles. The van der Waals surface area contributed by atoms with Gasteiger partial charge in [-0.3, -0.25) is 9.59 Å². The molecule has 0 radical (unpaired) electrons. The van der Waals surface area contributed by atoms with Crippen LogP contribution in [0, 0.1) is 5.82 Å². The van der Waals surface area contributed by atoms with Gasteiger partial charge in [0.15, 0.2) is 11.5 Å². The van der Waals surface area contributed by atoms with Crippen LogP contribution in [0.3, 0.4) is 0 Å². The molecule has 0 bridgehead atoms. The van der Waals surface area contributed by atoms with Gasteiger partial charge in [0.25, 0.3) is 11.8 Å². The summed E-state index contributed by atoms with van der Waals surface area (Å²) in [6.45, 7) is -3.04. The molecule has 3 rings (SSSR count). The Morgan fingerprint density at radius 2 is 1.45 bits per heavy atom. The maximum absolute atomic E-state index is 13.4. The van der Waals surface area contributed by atoms with E-state index >= 15 is 0 Å². The van der Waals surface area contributed by atoms with Crippen molar-refractivity contribution in [3.05, 3.63) is 77.6 Å². The summed E-state index contributed by atoms with van der Waals surface area (Å²) in [6, 6.07) is 13.4. The molecule has 0 saturated carbocycles. The topological polar surface area (TPSA) is 85.9 Å². The number of nitrogens with one attached hydrogen (secondary N) is 2. The van der Waals surface area contributed by atoms with Gasteiger partial charge in [-0.25, -0.2) is 4.39 Å². The average Bonchev–Trinajstić information content (AvgIpc) is 2.79. The van der Waals surface area contributed by atoms with Crippen LogP contribution in [0.5, 0.6) is 17.2 Å². The van der Waals surface area contributed by atoms with Gasteiger partial charge < -0.3 is 24.8 Å². The summed E-state index contributed by atoms with van der Waals surface area (Å²) in [7, 11) is 2.66. The number of hydrogen-bond acceptors (Lipinski definition) is 5. The van der Waals surface area contributed by atoms with Crippen LogP contribution in [0.4, 0.5) is 24.5 Å². The molecular weight excluding hydrogens is 441 g/mol. The summed E-state index contributed by atoms with van der Waals surface area (Å²) in [5.41, 5.74) is 0.768. The molecule has 2 amide bonds. The number of ether oxygens (including phenoxy) is 3. The fourth-order valence-electron chi connectivity index (χ4n) is 2.91. The molecule has 3 aromatic rings. The second kappa shape index (κ2) is 10.4. The van der Waals surface area contributed by atoms with Gasteiger partial charge in [0.05, 0.1) is 19.9 Å². The second-order valence-corrected chi connectivity index (χ2v) is 6.58. The lowest BCUT2D eigenvalue weighted by Gasteiger charge is -2.14. The molecule has 172 valence electrons. The molecule has 0 aliphatic carbocycles. The molecule has 7 nitrogen and oxygen atoms in total. The number of rotatable bonds is 8. The minimum atomic E-state index is -3.04. The quantitative estimate of drug-likeness (QED) is 0.497. The summed E-state index contributed by atoms with van der Waals surface area (Å²) in [5, 5.41) is 5.25. The molecule has 0 fully saturated rings. The van der Waals surface area contributed by atoms with Crippen molar-refractivity contribution < 1.29 is 37.0 Å². The lowest BCUT2D eigenvalue weighted by atomic mass is 10.1. The van der Waals surface area contributed by atoms with Crippen LogP contribution in [0.1, 0.15) is 20.7 Å². The van der Waals surface area contributed by atoms with Gasteiger partial charge in [-0.1, -0.05) is 6.07 Å². The minimum Gasteiger partial charge on any atom is -0.495 e. The number of carbonyl (C=O) groups is 2. The van der Waals surface area contributed by atoms with Crippen LogP contribution < -0.4 is 24.8 Å². The first-order valence-electron chi connectivity index (χ1n) is 9.50. The fraction of sp³-hybridized carbons (Fsp3) is 0.130. The van der Waals surface area contributed by atoms with Crippen molar-refractivity contribution in [2.24, 2.45) is 0 Å². The Hall–Kier alpha value is -4.21. The van der Waals surface area contributed by atoms with E-state index in [4.69, 9.17) is 9.47 Å². The second-order valence-electron chi connectivity index (χ2n) is 6.58. The van der Waals surface area contributed by atoms with Gasteiger partial charge >= 0.3 is 6.61 Å². The van der Waals surface area contributed by atoms with Crippen molar-refractivity contribution in [1.82, 2.24) is 0 Å². The van der Waals surface area contributed by atoms with Crippen LogP contribution in [0.2, 0.25) is 0 Å². The molecule has 0 spiro atoms. The molecule has 10 heteroatoms. The first-order chi connectivity index (χ1) is 15.8. The predicted molar refractivity (Wildman–Crippen MR) is 115 cm³/mol. The zero-order chi connectivity index (χ0) is 24.0. The molecule has 0 saturated heterocycles. The lowest BCUT2D eigenvalue weighted by Crippen LogP contribution is -2.15. The number of hydrogen-bond donors (Lipinski definition) is 2. The van der Waals surface area contributed by atoms with E-state index in [1.807, 2.05) is 0 Å². The van der Waals surface area contributed by atoms with E-state index in [0.29, 0.717) is 11.4 Å². The van der Waals surface area contributed by atoms with Gasteiger partial charge in [0.2, 0.25) is 0 Å². The molecule has 0 atom stereocenters. The molecular formula is C23H19F3N2O5. The standard InChI is InChI=1S/C23H19F3N2O5/c1-31-18-9-7-16(12-17(18)28-22(30)13-4-3-5-15(24)10-13)27-21(29)14-6-8-19(33-23(25)26)20(11-14)32-2/h3-12,23H,1-2H3,(H,27,29)(H,28,30). The largest absolute Gasteiger partial charge is 0.495 e. The smallest absolute Gasteiger partial charge is 0.387 e. The Balaban J connectivity index is 1.80. The zero-order valence-corrected chi connectivity index (χ0v) is 17.5. The first kappa shape index (κ1) is 23.5. The summed E-state index contributed by atoms with van der Waals surface area (Å²) in [6.07, 6.45) is 0. The van der Waals surface area contributed by atoms with Crippen molar-refractivity contribution in [3.63, 3.8) is 0 Å². The van der Waals surface area contributed by atoms with Crippen LogP contribution in [0.15, 0.2) is 60.7 Å². The highest BCUT2D eigenvalue weighted by atomic mass is 19.3. The minimum absolute atomic E-state index is 0.0410. The highest BCUT2D eigenvalue weighted by Gasteiger charge is 2.16. The van der Waals surface area contributed by atoms with E-state index in [0.717, 1.165) is 6.07 Å². The van der Waals surface area contributed by atoms with E-state index in [1.165, 1.54) is 62.8 Å². The average molecular weight is 460 g/mol. The number of benzene rings is 3. The van der Waals surface area contributed by atoms with Crippen LogP contribution in [-0.4, -0.2) is 32.6 Å². The maximum atomic E-state index is 13.4. The highest BCUT2D eigenvalue weighted by molar-refractivity contribution is 6.07. The van der Waals surface area contributed by atoms with E-state index < -0.39 is 24.2 Å². The number of alkyl halides is 2. The highest BCUT2D eigenvalue weighted by Crippen LogP contribution is 2.31. The van der Waals surface area contributed by atoms with Crippen LogP contribution in [-0.2, 0) is 0 Å². The SMILES string of the molecule is COc1ccc(NC(=O)c2ccc(OC(F)F)c(OC)c2)cc1NC(=O)c1cccc(F)c1. The number of methoxy groups -OCH3 is 2. The molecule has 3 aromatic carbocycles. The van der Waals surface area contributed by atoms with Gasteiger partial charge in [-0.2, -0.15) is 8.78 Å².